The number of nitrogens with zero attached hydrogens (tertiary/aromatic N) is 1. The van der Waals surface area contributed by atoms with Gasteiger partial charge in [0.2, 0.25) is 5.91 Å². The minimum Gasteiger partial charge on any atom is -0.478 e. The molecule has 0 saturated heterocycles. The average molecular weight is 367 g/mol. The number of amides is 1. The summed E-state index contributed by atoms with van der Waals surface area (Å²) in [4.78, 5) is 25.9. The molecule has 1 heterocycles. The first-order valence-electron chi connectivity index (χ1n) is 8.88. The molecule has 1 aromatic heterocycles. The zero-order valence-electron chi connectivity index (χ0n) is 15.7. The van der Waals surface area contributed by atoms with E-state index in [4.69, 9.17) is 4.42 Å². The Morgan fingerprint density at radius 2 is 1.81 bits per heavy atom. The molecule has 5 heteroatoms. The maximum Gasteiger partial charge on any atom is 0.331 e. The van der Waals surface area contributed by atoms with Gasteiger partial charge < -0.3 is 14.4 Å². The van der Waals surface area contributed by atoms with Crippen LogP contribution in [0.5, 0.6) is 0 Å². The van der Waals surface area contributed by atoms with E-state index in [0.29, 0.717) is 25.1 Å². The first kappa shape index (κ1) is 20.2. The van der Waals surface area contributed by atoms with Gasteiger partial charge in [-0.3, -0.25) is 4.79 Å². The van der Waals surface area contributed by atoms with Crippen molar-refractivity contribution in [2.45, 2.75) is 39.8 Å². The molecule has 27 heavy (non-hydrogen) atoms. The molecule has 0 radical (unpaired) electrons. The van der Waals surface area contributed by atoms with Gasteiger partial charge in [-0.2, -0.15) is 0 Å². The molecule has 0 aliphatic heterocycles. The first-order chi connectivity index (χ1) is 13.0. The zero-order chi connectivity index (χ0) is 19.6. The number of benzene rings is 1. The lowest BCUT2D eigenvalue weighted by Crippen LogP contribution is -2.29. The number of aliphatic carboxylic acids is 1. The number of hydrogen-bond acceptors (Lipinski definition) is 3. The highest BCUT2D eigenvalue weighted by atomic mass is 16.4. The van der Waals surface area contributed by atoms with Gasteiger partial charge in [0.15, 0.2) is 0 Å². The Balaban J connectivity index is 2.19. The Kier molecular flexibility index (Phi) is 7.62. The van der Waals surface area contributed by atoms with Crippen LogP contribution in [0.25, 0.3) is 0 Å². The van der Waals surface area contributed by atoms with Crippen LogP contribution in [0.3, 0.4) is 0 Å². The molecule has 0 fully saturated rings. The second kappa shape index (κ2) is 10.2. The number of hydrogen-bond donors (Lipinski definition) is 1. The fourth-order valence-corrected chi connectivity index (χ4v) is 2.60. The molecule has 1 N–H and O–H groups in total. The third-order valence-corrected chi connectivity index (χ3v) is 3.99. The highest BCUT2D eigenvalue weighted by molar-refractivity contribution is 5.97. The molecule has 1 amide bonds. The molecule has 2 aromatic rings. The van der Waals surface area contributed by atoms with Crippen LogP contribution < -0.4 is 0 Å². The average Bonchev–Trinajstić information content (AvgIpc) is 3.14. The predicted molar refractivity (Wildman–Crippen MR) is 104 cm³/mol. The Hall–Kier alpha value is -3.08. The molecule has 0 bridgehead atoms. The monoisotopic (exact) mass is 367 g/mol. The summed E-state index contributed by atoms with van der Waals surface area (Å²) in [7, 11) is 0. The topological polar surface area (TPSA) is 70.8 Å². The molecule has 1 aromatic carbocycles. The quantitative estimate of drug-likeness (QED) is 0.521. The Bertz CT molecular complexity index is 800. The molecule has 142 valence electrons. The van der Waals surface area contributed by atoms with Crippen LogP contribution in [0, 0.1) is 0 Å². The minimum absolute atomic E-state index is 0.106. The summed E-state index contributed by atoms with van der Waals surface area (Å²) in [6.45, 7) is 4.57. The molecule has 5 nitrogen and oxygen atoms in total. The smallest absolute Gasteiger partial charge is 0.331 e. The Labute approximate surface area is 159 Å². The van der Waals surface area contributed by atoms with Crippen LogP contribution in [-0.2, 0) is 22.7 Å². The largest absolute Gasteiger partial charge is 0.478 e. The standard InChI is InChI=1S/C22H25NO4/c1-17(2)8-6-11-19(22(25)26)14-21(24)23(16-20-12-7-13-27-20)15-18-9-4-3-5-10-18/h3-5,7-10,12-14H,6,11,15-16H2,1-2H3,(H,25,26)/b19-14+. The molecule has 0 saturated carbocycles. The van der Waals surface area contributed by atoms with E-state index in [-0.39, 0.29) is 18.0 Å². The van der Waals surface area contributed by atoms with Gasteiger partial charge in [0.25, 0.3) is 0 Å². The maximum absolute atomic E-state index is 12.8. The van der Waals surface area contributed by atoms with Crippen LogP contribution in [0.2, 0.25) is 0 Å². The van der Waals surface area contributed by atoms with E-state index in [1.807, 2.05) is 50.3 Å². The van der Waals surface area contributed by atoms with Crippen molar-refractivity contribution in [1.29, 1.82) is 0 Å². The third kappa shape index (κ3) is 6.98. The van der Waals surface area contributed by atoms with Gasteiger partial charge >= 0.3 is 5.97 Å². The van der Waals surface area contributed by atoms with Gasteiger partial charge in [0, 0.05) is 18.2 Å². The summed E-state index contributed by atoms with van der Waals surface area (Å²) < 4.78 is 5.36. The van der Waals surface area contributed by atoms with Crippen LogP contribution in [0.4, 0.5) is 0 Å². The summed E-state index contributed by atoms with van der Waals surface area (Å²) in [6.07, 6.45) is 5.65. The fraction of sp³-hybridized carbons (Fsp3) is 0.273. The maximum atomic E-state index is 12.8. The van der Waals surface area contributed by atoms with Gasteiger partial charge in [-0.05, 0) is 44.4 Å². The van der Waals surface area contributed by atoms with E-state index >= 15 is 0 Å². The van der Waals surface area contributed by atoms with Crippen molar-refractivity contribution in [2.75, 3.05) is 0 Å². The summed E-state index contributed by atoms with van der Waals surface area (Å²) in [6, 6.07) is 13.1. The van der Waals surface area contributed by atoms with E-state index in [2.05, 4.69) is 0 Å². The lowest BCUT2D eigenvalue weighted by molar-refractivity contribution is -0.134. The van der Waals surface area contributed by atoms with E-state index in [1.165, 1.54) is 6.08 Å². The van der Waals surface area contributed by atoms with Crippen LogP contribution in [0.1, 0.15) is 38.0 Å². The lowest BCUT2D eigenvalue weighted by atomic mass is 10.1. The van der Waals surface area contributed by atoms with Crippen LogP contribution in [-0.4, -0.2) is 21.9 Å². The normalized spacial score (nSPS) is 11.1. The van der Waals surface area contributed by atoms with Gasteiger partial charge in [-0.25, -0.2) is 4.79 Å². The fourth-order valence-electron chi connectivity index (χ4n) is 2.60. The molecule has 0 aliphatic rings. The lowest BCUT2D eigenvalue weighted by Gasteiger charge is -2.20. The number of carboxylic acid groups (broad SMARTS) is 1. The van der Waals surface area contributed by atoms with Crippen molar-refractivity contribution in [3.63, 3.8) is 0 Å². The SMILES string of the molecule is CC(C)=CCC/C(=C\C(=O)N(Cc1ccccc1)Cc1ccco1)C(=O)O. The Morgan fingerprint density at radius 3 is 2.41 bits per heavy atom. The summed E-state index contributed by atoms with van der Waals surface area (Å²) in [5.41, 5.74) is 2.19. The molecule has 0 unspecified atom stereocenters. The van der Waals surface area contributed by atoms with Gasteiger partial charge in [-0.1, -0.05) is 42.0 Å². The van der Waals surface area contributed by atoms with Gasteiger partial charge in [0.05, 0.1) is 12.8 Å². The molecule has 0 spiro atoms. The Morgan fingerprint density at radius 1 is 1.07 bits per heavy atom. The summed E-state index contributed by atoms with van der Waals surface area (Å²) in [5.74, 6) is -0.762. The number of furan rings is 1. The molecule has 2 rings (SSSR count). The molecule has 0 aliphatic carbocycles. The third-order valence-electron chi connectivity index (χ3n) is 3.99. The second-order valence-electron chi connectivity index (χ2n) is 6.55. The number of carbonyl (C=O) groups is 2. The van der Waals surface area contributed by atoms with E-state index in [9.17, 15) is 14.7 Å². The predicted octanol–water partition coefficient (Wildman–Crippen LogP) is 4.57. The summed E-state index contributed by atoms with van der Waals surface area (Å²) >= 11 is 0. The molecular formula is C22H25NO4. The zero-order valence-corrected chi connectivity index (χ0v) is 15.7. The highest BCUT2D eigenvalue weighted by Crippen LogP contribution is 2.14. The number of rotatable bonds is 9. The van der Waals surface area contributed by atoms with E-state index in [0.717, 1.165) is 11.1 Å². The van der Waals surface area contributed by atoms with E-state index < -0.39 is 5.97 Å². The van der Waals surface area contributed by atoms with E-state index in [1.54, 1.807) is 23.3 Å². The molecular weight excluding hydrogens is 342 g/mol. The summed E-state index contributed by atoms with van der Waals surface area (Å²) in [5, 5.41) is 9.44. The van der Waals surface area contributed by atoms with Crippen LogP contribution in [0.15, 0.2) is 76.4 Å². The van der Waals surface area contributed by atoms with Crippen molar-refractivity contribution < 1.29 is 19.1 Å². The number of allylic oxidation sites excluding steroid dienone is 2. The first-order valence-corrected chi connectivity index (χ1v) is 8.88. The minimum atomic E-state index is -1.07. The van der Waals surface area contributed by atoms with Crippen molar-refractivity contribution in [1.82, 2.24) is 4.90 Å². The van der Waals surface area contributed by atoms with Crippen molar-refractivity contribution in [3.05, 3.63) is 83.3 Å². The van der Waals surface area contributed by atoms with Gasteiger partial charge in [0.1, 0.15) is 5.76 Å². The highest BCUT2D eigenvalue weighted by Gasteiger charge is 2.17. The van der Waals surface area contributed by atoms with Crippen LogP contribution >= 0.6 is 0 Å². The second-order valence-corrected chi connectivity index (χ2v) is 6.55. The number of carboxylic acids is 1. The van der Waals surface area contributed by atoms with Gasteiger partial charge in [-0.15, -0.1) is 0 Å². The van der Waals surface area contributed by atoms with Crippen molar-refractivity contribution >= 4 is 11.9 Å². The van der Waals surface area contributed by atoms with Crippen molar-refractivity contribution in [3.8, 4) is 0 Å². The number of carbonyl (C=O) groups excluding carboxylic acids is 1. The van der Waals surface area contributed by atoms with Crippen molar-refractivity contribution in [2.24, 2.45) is 0 Å². The molecule has 0 atom stereocenters.